The Morgan fingerprint density at radius 1 is 1.31 bits per heavy atom. The molecule has 2 rings (SSSR count). The van der Waals surface area contributed by atoms with E-state index in [0.29, 0.717) is 11.7 Å². The number of aromatic nitrogens is 2. The van der Waals surface area contributed by atoms with Crippen LogP contribution in [-0.2, 0) is 0 Å². The van der Waals surface area contributed by atoms with Crippen molar-refractivity contribution in [2.45, 2.75) is 12.3 Å². The van der Waals surface area contributed by atoms with Crippen LogP contribution in [0.4, 0.5) is 0 Å². The molecule has 1 heterocycles. The van der Waals surface area contributed by atoms with E-state index in [4.69, 9.17) is 20.9 Å². The molecule has 4 nitrogen and oxygen atoms in total. The molecule has 0 amide bonds. The molecule has 1 aromatic carbocycles. The van der Waals surface area contributed by atoms with Gasteiger partial charge in [-0.15, -0.1) is 11.6 Å². The summed E-state index contributed by atoms with van der Waals surface area (Å²) < 4.78 is 10.2. The third-order valence-electron chi connectivity index (χ3n) is 2.13. The highest BCUT2D eigenvalue weighted by atomic mass is 35.5. The van der Waals surface area contributed by atoms with E-state index < -0.39 is 0 Å². The van der Waals surface area contributed by atoms with Gasteiger partial charge in [0.1, 0.15) is 5.75 Å². The van der Waals surface area contributed by atoms with Crippen LogP contribution < -0.4 is 4.74 Å². The average molecular weight is 239 g/mol. The van der Waals surface area contributed by atoms with Gasteiger partial charge in [-0.3, -0.25) is 0 Å². The van der Waals surface area contributed by atoms with Crippen molar-refractivity contribution in [2.24, 2.45) is 0 Å². The largest absolute Gasteiger partial charge is 0.497 e. The normalized spacial score (nSPS) is 12.4. The van der Waals surface area contributed by atoms with E-state index in [0.717, 1.165) is 11.3 Å². The number of methoxy groups -OCH3 is 1. The van der Waals surface area contributed by atoms with Crippen molar-refractivity contribution in [3.63, 3.8) is 0 Å². The molecule has 0 N–H and O–H groups in total. The van der Waals surface area contributed by atoms with Crippen molar-refractivity contribution in [2.75, 3.05) is 7.11 Å². The lowest BCUT2D eigenvalue weighted by Crippen LogP contribution is -1.87. The molecule has 0 radical (unpaired) electrons. The zero-order chi connectivity index (χ0) is 11.5. The molecule has 0 aliphatic heterocycles. The molecule has 0 spiro atoms. The Balaban J connectivity index is 2.28. The maximum Gasteiger partial charge on any atom is 0.257 e. The smallest absolute Gasteiger partial charge is 0.257 e. The molecule has 1 aromatic heterocycles. The Bertz CT molecular complexity index is 465. The molecule has 16 heavy (non-hydrogen) atoms. The van der Waals surface area contributed by atoms with Gasteiger partial charge in [-0.1, -0.05) is 5.16 Å². The highest BCUT2D eigenvalue weighted by Crippen LogP contribution is 2.23. The van der Waals surface area contributed by atoms with Gasteiger partial charge in [0.2, 0.25) is 0 Å². The van der Waals surface area contributed by atoms with E-state index in [-0.39, 0.29) is 5.38 Å². The summed E-state index contributed by atoms with van der Waals surface area (Å²) in [6.07, 6.45) is 0. The molecule has 84 valence electrons. The zero-order valence-corrected chi connectivity index (χ0v) is 9.73. The topological polar surface area (TPSA) is 48.2 Å². The van der Waals surface area contributed by atoms with E-state index in [1.165, 1.54) is 0 Å². The molecule has 1 unspecified atom stereocenters. The van der Waals surface area contributed by atoms with Crippen molar-refractivity contribution in [1.29, 1.82) is 0 Å². The minimum atomic E-state index is -0.254. The lowest BCUT2D eigenvalue weighted by Gasteiger charge is -1.98. The fourth-order valence-electron chi connectivity index (χ4n) is 1.25. The summed E-state index contributed by atoms with van der Waals surface area (Å²) in [5, 5.41) is 3.53. The first-order valence-electron chi connectivity index (χ1n) is 4.83. The van der Waals surface area contributed by atoms with E-state index >= 15 is 0 Å². The van der Waals surface area contributed by atoms with Gasteiger partial charge in [-0.25, -0.2) is 0 Å². The minimum Gasteiger partial charge on any atom is -0.497 e. The molecule has 5 heteroatoms. The molecular formula is C11H11ClN2O2. The Morgan fingerprint density at radius 2 is 2.00 bits per heavy atom. The standard InChI is InChI=1S/C11H11ClN2O2/c1-7(12)10-13-11(16-14-10)8-3-5-9(15-2)6-4-8/h3-7H,1-2H3. The lowest BCUT2D eigenvalue weighted by molar-refractivity contribution is 0.414. The van der Waals surface area contributed by atoms with Crippen LogP contribution in [0, 0.1) is 0 Å². The lowest BCUT2D eigenvalue weighted by atomic mass is 10.2. The first kappa shape index (κ1) is 11.0. The molecule has 0 fully saturated rings. The van der Waals surface area contributed by atoms with Crippen molar-refractivity contribution in [1.82, 2.24) is 10.1 Å². The number of ether oxygens (including phenoxy) is 1. The highest BCUT2D eigenvalue weighted by molar-refractivity contribution is 6.20. The van der Waals surface area contributed by atoms with Crippen molar-refractivity contribution < 1.29 is 9.26 Å². The zero-order valence-electron chi connectivity index (χ0n) is 8.98. The van der Waals surface area contributed by atoms with E-state index in [1.54, 1.807) is 14.0 Å². The number of nitrogens with zero attached hydrogens (tertiary/aromatic N) is 2. The second-order valence-electron chi connectivity index (χ2n) is 3.30. The number of alkyl halides is 1. The van der Waals surface area contributed by atoms with Gasteiger partial charge >= 0.3 is 0 Å². The summed E-state index contributed by atoms with van der Waals surface area (Å²) in [6.45, 7) is 1.80. The van der Waals surface area contributed by atoms with Crippen LogP contribution in [0.1, 0.15) is 18.1 Å². The predicted octanol–water partition coefficient (Wildman–Crippen LogP) is 3.05. The van der Waals surface area contributed by atoms with Gasteiger partial charge in [-0.05, 0) is 31.2 Å². The minimum absolute atomic E-state index is 0.254. The maximum absolute atomic E-state index is 5.85. The van der Waals surface area contributed by atoms with Crippen LogP contribution in [0.25, 0.3) is 11.5 Å². The van der Waals surface area contributed by atoms with Gasteiger partial charge in [0.25, 0.3) is 5.89 Å². The monoisotopic (exact) mass is 238 g/mol. The predicted molar refractivity (Wildman–Crippen MR) is 60.6 cm³/mol. The van der Waals surface area contributed by atoms with Gasteiger partial charge < -0.3 is 9.26 Å². The molecule has 0 aliphatic carbocycles. The van der Waals surface area contributed by atoms with Crippen LogP contribution in [-0.4, -0.2) is 17.3 Å². The average Bonchev–Trinajstić information content (AvgIpc) is 2.78. The molecular weight excluding hydrogens is 228 g/mol. The van der Waals surface area contributed by atoms with Crippen molar-refractivity contribution in [3.8, 4) is 17.2 Å². The third-order valence-corrected chi connectivity index (χ3v) is 2.33. The number of halogens is 1. The summed E-state index contributed by atoms with van der Waals surface area (Å²) in [7, 11) is 1.62. The number of benzene rings is 1. The highest BCUT2D eigenvalue weighted by Gasteiger charge is 2.12. The second kappa shape index (κ2) is 4.53. The summed E-state index contributed by atoms with van der Waals surface area (Å²) >= 11 is 5.85. The van der Waals surface area contributed by atoms with E-state index in [2.05, 4.69) is 10.1 Å². The van der Waals surface area contributed by atoms with Gasteiger partial charge in [0.05, 0.1) is 12.5 Å². The maximum atomic E-state index is 5.85. The fraction of sp³-hybridized carbons (Fsp3) is 0.273. The molecule has 0 saturated carbocycles. The molecule has 2 aromatic rings. The van der Waals surface area contributed by atoms with Crippen LogP contribution in [0.5, 0.6) is 5.75 Å². The molecule has 0 saturated heterocycles. The van der Waals surface area contributed by atoms with Crippen LogP contribution in [0.3, 0.4) is 0 Å². The van der Waals surface area contributed by atoms with Crippen LogP contribution in [0.2, 0.25) is 0 Å². The first-order valence-corrected chi connectivity index (χ1v) is 5.26. The Kier molecular flexibility index (Phi) is 3.10. The third kappa shape index (κ3) is 2.17. The molecule has 0 bridgehead atoms. The fourth-order valence-corrected chi connectivity index (χ4v) is 1.34. The van der Waals surface area contributed by atoms with E-state index in [1.807, 2.05) is 24.3 Å². The van der Waals surface area contributed by atoms with Crippen molar-refractivity contribution >= 4 is 11.6 Å². The summed E-state index contributed by atoms with van der Waals surface area (Å²) in [4.78, 5) is 4.18. The number of rotatable bonds is 3. The Hall–Kier alpha value is -1.55. The van der Waals surface area contributed by atoms with Crippen molar-refractivity contribution in [3.05, 3.63) is 30.1 Å². The van der Waals surface area contributed by atoms with Gasteiger partial charge in [0, 0.05) is 5.56 Å². The number of hydrogen-bond donors (Lipinski definition) is 0. The first-order chi connectivity index (χ1) is 7.70. The van der Waals surface area contributed by atoms with E-state index in [9.17, 15) is 0 Å². The summed E-state index contributed by atoms with van der Waals surface area (Å²) in [5.74, 6) is 1.74. The van der Waals surface area contributed by atoms with Gasteiger partial charge in [-0.2, -0.15) is 4.98 Å². The SMILES string of the molecule is COc1ccc(-c2nc(C(C)Cl)no2)cc1. The van der Waals surface area contributed by atoms with Crippen LogP contribution in [0.15, 0.2) is 28.8 Å². The Labute approximate surface area is 98.2 Å². The second-order valence-corrected chi connectivity index (χ2v) is 3.96. The molecule has 1 atom stereocenters. The summed E-state index contributed by atoms with van der Waals surface area (Å²) in [5.41, 5.74) is 0.844. The molecule has 0 aliphatic rings. The Morgan fingerprint density at radius 3 is 2.50 bits per heavy atom. The van der Waals surface area contributed by atoms with Gasteiger partial charge in [0.15, 0.2) is 5.82 Å². The quantitative estimate of drug-likeness (QED) is 0.771. The van der Waals surface area contributed by atoms with Crippen LogP contribution >= 0.6 is 11.6 Å². The number of hydrogen-bond acceptors (Lipinski definition) is 4. The summed E-state index contributed by atoms with van der Waals surface area (Å²) in [6, 6.07) is 7.39.